The number of fused-ring (bicyclic) bond motifs is 1. The van der Waals surface area contributed by atoms with E-state index >= 15 is 0 Å². The second-order valence-corrected chi connectivity index (χ2v) is 4.33. The lowest BCUT2D eigenvalue weighted by molar-refractivity contribution is -0.0252. The maximum absolute atomic E-state index is 11.1. The minimum atomic E-state index is -1.24. The molecule has 9 heteroatoms. The number of H-pyrrole nitrogens is 2. The summed E-state index contributed by atoms with van der Waals surface area (Å²) >= 11 is 0. The van der Waals surface area contributed by atoms with Crippen LogP contribution in [0.2, 0.25) is 0 Å². The highest BCUT2D eigenvalue weighted by Gasteiger charge is 2.44. The highest BCUT2D eigenvalue weighted by atomic mass is 16.6. The lowest BCUT2D eigenvalue weighted by Crippen LogP contribution is -2.32. The van der Waals surface area contributed by atoms with E-state index in [9.17, 15) is 15.0 Å². The number of nitrogens with one attached hydrogen (secondary N) is 2. The van der Waals surface area contributed by atoms with Crippen LogP contribution in [0.5, 0.6) is 0 Å². The van der Waals surface area contributed by atoms with Crippen LogP contribution in [-0.2, 0) is 4.74 Å². The van der Waals surface area contributed by atoms with Crippen molar-refractivity contribution in [1.29, 1.82) is 0 Å². The van der Waals surface area contributed by atoms with Crippen molar-refractivity contribution < 1.29 is 20.1 Å². The summed E-state index contributed by atoms with van der Waals surface area (Å²) in [7, 11) is 0. The monoisotopic (exact) mass is 268 g/mol. The average Bonchev–Trinajstić information content (AvgIpc) is 2.90. The lowest BCUT2D eigenvalue weighted by atomic mass is 10.1. The number of imidazole rings is 1. The predicted octanol–water partition coefficient (Wildman–Crippen LogP) is -2.20. The van der Waals surface area contributed by atoms with Gasteiger partial charge in [-0.1, -0.05) is 0 Å². The highest BCUT2D eigenvalue weighted by molar-refractivity contribution is 5.68. The first-order valence-electron chi connectivity index (χ1n) is 5.67. The van der Waals surface area contributed by atoms with Gasteiger partial charge >= 0.3 is 5.69 Å². The molecule has 2 aromatic heterocycles. The fourth-order valence-electron chi connectivity index (χ4n) is 2.09. The Labute approximate surface area is 105 Å². The average molecular weight is 268 g/mol. The standard InChI is InChI=1S/C10H12N4O5/c15-2-4-5(16)6(17)7(19-4)9-11-1-3-8(13-9)14-10(18)12-3/h1,4-7,15-17H,2H2,(H2,11,12,13,14,18)/t4-,5-,6-,7?/m1/s1. The summed E-state index contributed by atoms with van der Waals surface area (Å²) in [5.74, 6) is 0.130. The van der Waals surface area contributed by atoms with Gasteiger partial charge in [-0.25, -0.2) is 14.8 Å². The van der Waals surface area contributed by atoms with Gasteiger partial charge in [0.2, 0.25) is 0 Å². The van der Waals surface area contributed by atoms with E-state index in [1.54, 1.807) is 0 Å². The fourth-order valence-corrected chi connectivity index (χ4v) is 2.09. The topological polar surface area (TPSA) is 144 Å². The van der Waals surface area contributed by atoms with Gasteiger partial charge in [-0.3, -0.25) is 4.98 Å². The summed E-state index contributed by atoms with van der Waals surface area (Å²) in [6, 6.07) is 0. The van der Waals surface area contributed by atoms with E-state index in [0.717, 1.165) is 0 Å². The van der Waals surface area contributed by atoms with E-state index < -0.39 is 36.7 Å². The van der Waals surface area contributed by atoms with Crippen molar-refractivity contribution in [2.24, 2.45) is 0 Å². The molecule has 0 saturated carbocycles. The van der Waals surface area contributed by atoms with Gasteiger partial charge in [0.15, 0.2) is 11.5 Å². The molecule has 1 saturated heterocycles. The Morgan fingerprint density at radius 1 is 1.32 bits per heavy atom. The molecule has 19 heavy (non-hydrogen) atoms. The molecule has 0 bridgehead atoms. The summed E-state index contributed by atoms with van der Waals surface area (Å²) in [6.45, 7) is -0.419. The van der Waals surface area contributed by atoms with Gasteiger partial charge < -0.3 is 25.0 Å². The molecule has 9 nitrogen and oxygen atoms in total. The van der Waals surface area contributed by atoms with Crippen LogP contribution in [-0.4, -0.2) is 60.2 Å². The Morgan fingerprint density at radius 3 is 2.79 bits per heavy atom. The van der Waals surface area contributed by atoms with Crippen molar-refractivity contribution in [3.63, 3.8) is 0 Å². The van der Waals surface area contributed by atoms with Crippen LogP contribution >= 0.6 is 0 Å². The number of hydrogen-bond donors (Lipinski definition) is 5. The van der Waals surface area contributed by atoms with Crippen molar-refractivity contribution >= 4 is 11.2 Å². The lowest BCUT2D eigenvalue weighted by Gasteiger charge is -2.12. The quantitative estimate of drug-likeness (QED) is 0.415. The number of aliphatic hydroxyl groups is 3. The molecule has 2 aromatic rings. The van der Waals surface area contributed by atoms with Crippen molar-refractivity contribution in [2.75, 3.05) is 6.61 Å². The normalized spacial score (nSPS) is 31.1. The van der Waals surface area contributed by atoms with Crippen LogP contribution in [0.25, 0.3) is 11.2 Å². The minimum absolute atomic E-state index is 0.130. The Kier molecular flexibility index (Phi) is 2.82. The van der Waals surface area contributed by atoms with Gasteiger partial charge in [0.25, 0.3) is 0 Å². The summed E-state index contributed by atoms with van der Waals surface area (Å²) in [5, 5.41) is 28.5. The summed E-state index contributed by atoms with van der Waals surface area (Å²) in [6.07, 6.45) is -2.90. The van der Waals surface area contributed by atoms with E-state index in [0.29, 0.717) is 5.52 Å². The minimum Gasteiger partial charge on any atom is -0.394 e. The van der Waals surface area contributed by atoms with Crippen molar-refractivity contribution in [3.8, 4) is 0 Å². The molecule has 0 aliphatic carbocycles. The number of aromatic amines is 2. The zero-order chi connectivity index (χ0) is 13.6. The number of ether oxygens (including phenoxy) is 1. The van der Waals surface area contributed by atoms with E-state index in [1.807, 2.05) is 0 Å². The predicted molar refractivity (Wildman–Crippen MR) is 61.2 cm³/mol. The molecule has 3 heterocycles. The van der Waals surface area contributed by atoms with Gasteiger partial charge in [-0.2, -0.15) is 0 Å². The molecule has 0 amide bonds. The van der Waals surface area contributed by atoms with Gasteiger partial charge in [-0.05, 0) is 0 Å². The molecule has 0 spiro atoms. The molecule has 5 N–H and O–H groups in total. The van der Waals surface area contributed by atoms with Crippen LogP contribution in [0.1, 0.15) is 11.9 Å². The van der Waals surface area contributed by atoms with Crippen LogP contribution in [0, 0.1) is 0 Å². The molecule has 102 valence electrons. The third-order valence-electron chi connectivity index (χ3n) is 3.08. The van der Waals surface area contributed by atoms with E-state index in [4.69, 9.17) is 9.84 Å². The number of aromatic nitrogens is 4. The van der Waals surface area contributed by atoms with Crippen molar-refractivity contribution in [1.82, 2.24) is 19.9 Å². The van der Waals surface area contributed by atoms with E-state index in [1.165, 1.54) is 6.20 Å². The molecule has 1 aliphatic heterocycles. The summed E-state index contributed by atoms with van der Waals surface area (Å²) in [4.78, 5) is 24.1. The Balaban J connectivity index is 1.98. The maximum Gasteiger partial charge on any atom is 0.325 e. The van der Waals surface area contributed by atoms with Gasteiger partial charge in [0.1, 0.15) is 29.9 Å². The number of hydrogen-bond acceptors (Lipinski definition) is 7. The number of nitrogens with zero attached hydrogens (tertiary/aromatic N) is 2. The molecule has 0 aromatic carbocycles. The second kappa shape index (κ2) is 4.38. The molecular weight excluding hydrogens is 256 g/mol. The molecule has 0 radical (unpaired) electrons. The smallest absolute Gasteiger partial charge is 0.325 e. The SMILES string of the molecule is O=c1[nH]c2cnc(C3O[C@H](CO)[C@@H](O)[C@H]3O)nc2[nH]1. The van der Waals surface area contributed by atoms with E-state index in [2.05, 4.69) is 19.9 Å². The van der Waals surface area contributed by atoms with E-state index in [-0.39, 0.29) is 11.5 Å². The first-order valence-corrected chi connectivity index (χ1v) is 5.67. The molecule has 3 rings (SSSR count). The summed E-state index contributed by atoms with van der Waals surface area (Å²) in [5.41, 5.74) is 0.302. The summed E-state index contributed by atoms with van der Waals surface area (Å²) < 4.78 is 5.30. The third kappa shape index (κ3) is 1.92. The molecule has 1 fully saturated rings. The second-order valence-electron chi connectivity index (χ2n) is 4.33. The van der Waals surface area contributed by atoms with Crippen LogP contribution in [0.3, 0.4) is 0 Å². The molecule has 4 atom stereocenters. The Hall–Kier alpha value is -1.81. The van der Waals surface area contributed by atoms with Crippen LogP contribution < -0.4 is 5.69 Å². The maximum atomic E-state index is 11.1. The van der Waals surface area contributed by atoms with Gasteiger partial charge in [0, 0.05) is 0 Å². The van der Waals surface area contributed by atoms with Gasteiger partial charge in [0.05, 0.1) is 12.8 Å². The zero-order valence-electron chi connectivity index (χ0n) is 9.65. The fraction of sp³-hybridized carbons (Fsp3) is 0.500. The number of rotatable bonds is 2. The number of aliphatic hydroxyl groups excluding tert-OH is 3. The van der Waals surface area contributed by atoms with Crippen molar-refractivity contribution in [3.05, 3.63) is 22.5 Å². The zero-order valence-corrected chi connectivity index (χ0v) is 9.65. The first-order chi connectivity index (χ1) is 9.10. The Bertz CT molecular complexity index is 653. The van der Waals surface area contributed by atoms with Crippen LogP contribution in [0.15, 0.2) is 11.0 Å². The third-order valence-corrected chi connectivity index (χ3v) is 3.08. The highest BCUT2D eigenvalue weighted by Crippen LogP contribution is 2.31. The molecular formula is C10H12N4O5. The largest absolute Gasteiger partial charge is 0.394 e. The van der Waals surface area contributed by atoms with Crippen molar-refractivity contribution in [2.45, 2.75) is 24.4 Å². The molecule has 1 aliphatic rings. The van der Waals surface area contributed by atoms with Crippen LogP contribution in [0.4, 0.5) is 0 Å². The first kappa shape index (κ1) is 12.2. The molecule has 1 unspecified atom stereocenters. The van der Waals surface area contributed by atoms with Gasteiger partial charge in [-0.15, -0.1) is 0 Å². The Morgan fingerprint density at radius 2 is 2.11 bits per heavy atom.